The summed E-state index contributed by atoms with van der Waals surface area (Å²) in [6.07, 6.45) is 0.829. The molecule has 6 nitrogen and oxygen atoms in total. The Hall–Kier alpha value is -3.33. The molecule has 28 heavy (non-hydrogen) atoms. The van der Waals surface area contributed by atoms with E-state index >= 15 is 0 Å². The number of benzene rings is 2. The van der Waals surface area contributed by atoms with Crippen LogP contribution in [0.2, 0.25) is 0 Å². The highest BCUT2D eigenvalue weighted by Crippen LogP contribution is 2.17. The Morgan fingerprint density at radius 2 is 1.82 bits per heavy atom. The van der Waals surface area contributed by atoms with Crippen molar-refractivity contribution in [3.05, 3.63) is 65.2 Å². The topological polar surface area (TPSA) is 73.6 Å². The third-order valence-electron chi connectivity index (χ3n) is 4.18. The van der Waals surface area contributed by atoms with Crippen LogP contribution in [-0.4, -0.2) is 48.9 Å². The van der Waals surface area contributed by atoms with Gasteiger partial charge in [-0.3, -0.25) is 9.59 Å². The van der Waals surface area contributed by atoms with Crippen LogP contribution in [0.3, 0.4) is 0 Å². The van der Waals surface area contributed by atoms with Crippen molar-refractivity contribution in [1.29, 1.82) is 5.26 Å². The molecule has 0 heterocycles. The number of carbonyl (C=O) groups excluding carboxylic acids is 2. The number of carbonyl (C=O) groups is 2. The van der Waals surface area contributed by atoms with Crippen molar-refractivity contribution in [2.24, 2.45) is 0 Å². The van der Waals surface area contributed by atoms with Gasteiger partial charge in [0.1, 0.15) is 5.75 Å². The average Bonchev–Trinajstić information content (AvgIpc) is 2.71. The molecule has 2 aromatic carbocycles. The molecule has 0 radical (unpaired) electrons. The number of ether oxygens (including phenoxy) is 1. The lowest BCUT2D eigenvalue weighted by atomic mass is 10.1. The maximum absolute atomic E-state index is 13.0. The van der Waals surface area contributed by atoms with Crippen LogP contribution in [0.1, 0.15) is 34.8 Å². The normalized spacial score (nSPS) is 10.1. The minimum atomic E-state index is -0.148. The van der Waals surface area contributed by atoms with E-state index in [4.69, 9.17) is 10.00 Å². The molecule has 0 atom stereocenters. The van der Waals surface area contributed by atoms with E-state index in [9.17, 15) is 9.59 Å². The van der Waals surface area contributed by atoms with Gasteiger partial charge in [0.15, 0.2) is 6.61 Å². The minimum absolute atomic E-state index is 0.0748. The van der Waals surface area contributed by atoms with Gasteiger partial charge in [-0.1, -0.05) is 25.1 Å². The number of nitrogens with zero attached hydrogens (tertiary/aromatic N) is 3. The van der Waals surface area contributed by atoms with E-state index in [1.54, 1.807) is 55.4 Å². The number of nitriles is 1. The quantitative estimate of drug-likeness (QED) is 0.706. The highest BCUT2D eigenvalue weighted by molar-refractivity contribution is 5.94. The van der Waals surface area contributed by atoms with Crippen molar-refractivity contribution in [1.82, 2.24) is 9.80 Å². The molecule has 0 spiro atoms. The molecule has 146 valence electrons. The summed E-state index contributed by atoms with van der Waals surface area (Å²) in [6.45, 7) is 3.02. The second kappa shape index (κ2) is 10.1. The first-order valence-electron chi connectivity index (χ1n) is 9.16. The van der Waals surface area contributed by atoms with E-state index in [-0.39, 0.29) is 18.4 Å². The molecule has 0 aliphatic rings. The van der Waals surface area contributed by atoms with Crippen LogP contribution in [0.5, 0.6) is 5.75 Å². The van der Waals surface area contributed by atoms with Crippen LogP contribution < -0.4 is 4.74 Å². The monoisotopic (exact) mass is 379 g/mol. The molecule has 2 aromatic rings. The van der Waals surface area contributed by atoms with Crippen LogP contribution in [0.25, 0.3) is 0 Å². The van der Waals surface area contributed by atoms with Crippen molar-refractivity contribution in [2.45, 2.75) is 19.9 Å². The number of hydrogen-bond donors (Lipinski definition) is 0. The molecule has 0 saturated carbocycles. The summed E-state index contributed by atoms with van der Waals surface area (Å²) in [5.41, 5.74) is 2.07. The molecular weight excluding hydrogens is 354 g/mol. The van der Waals surface area contributed by atoms with Crippen molar-refractivity contribution >= 4 is 11.8 Å². The van der Waals surface area contributed by atoms with Gasteiger partial charge in [0.25, 0.3) is 11.8 Å². The fraction of sp³-hybridized carbons (Fsp3) is 0.318. The molecule has 2 rings (SSSR count). The number of hydrogen-bond acceptors (Lipinski definition) is 4. The van der Waals surface area contributed by atoms with E-state index < -0.39 is 0 Å². The van der Waals surface area contributed by atoms with Crippen molar-refractivity contribution in [2.75, 3.05) is 27.2 Å². The maximum atomic E-state index is 13.0. The number of rotatable bonds is 8. The standard InChI is InChI=1S/C22H25N3O3/c1-4-12-25(15-18-10-8-17(14-23)9-11-18)22(27)19-6-5-7-20(13-19)28-16-21(26)24(2)3/h5-11,13H,4,12,15-16H2,1-3H3. The van der Waals surface area contributed by atoms with E-state index in [2.05, 4.69) is 6.07 Å². The third kappa shape index (κ3) is 5.85. The Morgan fingerprint density at radius 3 is 2.43 bits per heavy atom. The largest absolute Gasteiger partial charge is 0.484 e. The van der Waals surface area contributed by atoms with E-state index in [0.29, 0.717) is 30.0 Å². The van der Waals surface area contributed by atoms with Crippen molar-refractivity contribution in [3.63, 3.8) is 0 Å². The van der Waals surface area contributed by atoms with Gasteiger partial charge in [-0.15, -0.1) is 0 Å². The first-order valence-corrected chi connectivity index (χ1v) is 9.16. The lowest BCUT2D eigenvalue weighted by molar-refractivity contribution is -0.130. The molecule has 0 aromatic heterocycles. The molecule has 0 aliphatic carbocycles. The van der Waals surface area contributed by atoms with Gasteiger partial charge in [0, 0.05) is 32.7 Å². The Labute approximate surface area is 165 Å². The zero-order valence-corrected chi connectivity index (χ0v) is 16.5. The number of likely N-dealkylation sites (N-methyl/N-ethyl adjacent to an activating group) is 1. The van der Waals surface area contributed by atoms with Gasteiger partial charge in [-0.25, -0.2) is 0 Å². The summed E-state index contributed by atoms with van der Waals surface area (Å²) in [7, 11) is 3.33. The molecule has 0 N–H and O–H groups in total. The zero-order valence-electron chi connectivity index (χ0n) is 16.5. The minimum Gasteiger partial charge on any atom is -0.484 e. The molecular formula is C22H25N3O3. The number of amides is 2. The van der Waals surface area contributed by atoms with Crippen LogP contribution in [0, 0.1) is 11.3 Å². The second-order valence-electron chi connectivity index (χ2n) is 6.64. The van der Waals surface area contributed by atoms with Gasteiger partial charge in [0.05, 0.1) is 11.6 Å². The first-order chi connectivity index (χ1) is 13.4. The van der Waals surface area contributed by atoms with Gasteiger partial charge >= 0.3 is 0 Å². The molecule has 0 saturated heterocycles. The predicted molar refractivity (Wildman–Crippen MR) is 107 cm³/mol. The summed E-state index contributed by atoms with van der Waals surface area (Å²) in [5.74, 6) is 0.233. The molecule has 0 aliphatic heterocycles. The van der Waals surface area contributed by atoms with Gasteiger partial charge in [0.2, 0.25) is 0 Å². The SMILES string of the molecule is CCCN(Cc1ccc(C#N)cc1)C(=O)c1cccc(OCC(=O)N(C)C)c1. The lowest BCUT2D eigenvalue weighted by Crippen LogP contribution is -2.31. The van der Waals surface area contributed by atoms with Gasteiger partial charge in [-0.05, 0) is 42.3 Å². The fourth-order valence-electron chi connectivity index (χ4n) is 2.60. The Balaban J connectivity index is 2.12. The molecule has 0 bridgehead atoms. The molecule has 0 fully saturated rings. The fourth-order valence-corrected chi connectivity index (χ4v) is 2.60. The van der Waals surface area contributed by atoms with Gasteiger partial charge < -0.3 is 14.5 Å². The van der Waals surface area contributed by atoms with Crippen molar-refractivity contribution < 1.29 is 14.3 Å². The second-order valence-corrected chi connectivity index (χ2v) is 6.64. The smallest absolute Gasteiger partial charge is 0.259 e. The Morgan fingerprint density at radius 1 is 1.11 bits per heavy atom. The van der Waals surface area contributed by atoms with Crippen LogP contribution >= 0.6 is 0 Å². The Bertz CT molecular complexity index is 854. The zero-order chi connectivity index (χ0) is 20.5. The van der Waals surface area contributed by atoms with E-state index in [1.807, 2.05) is 19.1 Å². The highest BCUT2D eigenvalue weighted by Gasteiger charge is 2.16. The summed E-state index contributed by atoms with van der Waals surface area (Å²) in [4.78, 5) is 27.9. The van der Waals surface area contributed by atoms with Crippen LogP contribution in [0.15, 0.2) is 48.5 Å². The summed E-state index contributed by atoms with van der Waals surface area (Å²) in [5, 5.41) is 8.92. The molecule has 0 unspecified atom stereocenters. The predicted octanol–water partition coefficient (Wildman–Crippen LogP) is 3.08. The van der Waals surface area contributed by atoms with Gasteiger partial charge in [-0.2, -0.15) is 5.26 Å². The maximum Gasteiger partial charge on any atom is 0.259 e. The molecule has 6 heteroatoms. The Kier molecular flexibility index (Phi) is 7.58. The van der Waals surface area contributed by atoms with E-state index in [0.717, 1.165) is 12.0 Å². The lowest BCUT2D eigenvalue weighted by Gasteiger charge is -2.23. The van der Waals surface area contributed by atoms with E-state index in [1.165, 1.54) is 4.90 Å². The highest BCUT2D eigenvalue weighted by atomic mass is 16.5. The summed E-state index contributed by atoms with van der Waals surface area (Å²) < 4.78 is 5.51. The summed E-state index contributed by atoms with van der Waals surface area (Å²) in [6, 6.07) is 16.2. The van der Waals surface area contributed by atoms with Crippen LogP contribution in [-0.2, 0) is 11.3 Å². The molecule has 2 amide bonds. The summed E-state index contributed by atoms with van der Waals surface area (Å²) >= 11 is 0. The third-order valence-corrected chi connectivity index (χ3v) is 4.18. The average molecular weight is 379 g/mol. The van der Waals surface area contributed by atoms with Crippen LogP contribution in [0.4, 0.5) is 0 Å². The first kappa shape index (κ1) is 21.0. The van der Waals surface area contributed by atoms with Crippen molar-refractivity contribution in [3.8, 4) is 11.8 Å².